The monoisotopic (exact) mass is 461 g/mol. The molecule has 162 valence electrons. The van der Waals surface area contributed by atoms with Crippen LogP contribution >= 0.6 is 23.4 Å². The highest BCUT2D eigenvalue weighted by Crippen LogP contribution is 2.29. The number of carbonyl (C=O) groups excluding carboxylic acids is 1. The lowest BCUT2D eigenvalue weighted by molar-refractivity contribution is -0.138. The third kappa shape index (κ3) is 6.73. The molecule has 31 heavy (non-hydrogen) atoms. The maximum Gasteiger partial charge on any atom is 0.305 e. The molecule has 2 aromatic carbocycles. The van der Waals surface area contributed by atoms with Crippen molar-refractivity contribution < 1.29 is 24.2 Å². The second kappa shape index (κ2) is 10.8. The van der Waals surface area contributed by atoms with Gasteiger partial charge in [-0.1, -0.05) is 35.5 Å². The molecule has 1 fully saturated rings. The Bertz CT molecular complexity index is 1010. The van der Waals surface area contributed by atoms with E-state index >= 15 is 0 Å². The van der Waals surface area contributed by atoms with Gasteiger partial charge in [-0.25, -0.2) is 0 Å². The van der Waals surface area contributed by atoms with E-state index in [4.69, 9.17) is 26.2 Å². The maximum atomic E-state index is 11.7. The number of ether oxygens (including phenoxy) is 2. The maximum absolute atomic E-state index is 11.7. The lowest BCUT2D eigenvalue weighted by Crippen LogP contribution is -2.26. The number of nitrogens with zero attached hydrogens (tertiary/aromatic N) is 2. The minimum atomic E-state index is -1.04. The van der Waals surface area contributed by atoms with E-state index in [1.54, 1.807) is 30.3 Å². The van der Waals surface area contributed by atoms with Crippen LogP contribution in [0, 0.1) is 0 Å². The molecular weight excluding hydrogens is 442 g/mol. The van der Waals surface area contributed by atoms with Crippen LogP contribution in [-0.4, -0.2) is 40.2 Å². The number of rotatable bonds is 9. The molecule has 2 aromatic rings. The van der Waals surface area contributed by atoms with Crippen molar-refractivity contribution in [3.63, 3.8) is 0 Å². The number of carboxylic acids is 1. The van der Waals surface area contributed by atoms with Gasteiger partial charge >= 0.3 is 5.97 Å². The van der Waals surface area contributed by atoms with E-state index in [2.05, 4.69) is 15.5 Å². The Balaban J connectivity index is 1.65. The van der Waals surface area contributed by atoms with Gasteiger partial charge in [0.15, 0.2) is 16.7 Å². The fourth-order valence-electron chi connectivity index (χ4n) is 2.63. The highest BCUT2D eigenvalue weighted by Gasteiger charge is 2.32. The molecule has 3 rings (SSSR count). The summed E-state index contributed by atoms with van der Waals surface area (Å²) in [5.41, 5.74) is 1.70. The Kier molecular flexibility index (Phi) is 7.91. The van der Waals surface area contributed by atoms with Gasteiger partial charge in [-0.05, 0) is 48.4 Å². The zero-order chi connectivity index (χ0) is 22.2. The first kappa shape index (κ1) is 22.6. The number of thioether (sulfide) groups is 1. The molecule has 1 aliphatic heterocycles. The van der Waals surface area contributed by atoms with Gasteiger partial charge < -0.3 is 19.9 Å². The van der Waals surface area contributed by atoms with Gasteiger partial charge in [0.2, 0.25) is 5.91 Å². The van der Waals surface area contributed by atoms with Crippen LogP contribution in [-0.2, 0) is 16.2 Å². The first-order chi connectivity index (χ1) is 14.9. The summed E-state index contributed by atoms with van der Waals surface area (Å²) in [7, 11) is 0. The lowest BCUT2D eigenvalue weighted by atomic mass is 10.2. The molecule has 10 heteroatoms. The SMILES string of the molecule is CCOc1cc(/C=N\N=C2NC(=O)[C@@H](CC(=O)O)S2)ccc1OCc1ccc(Cl)cc1. The van der Waals surface area contributed by atoms with Crippen LogP contribution < -0.4 is 14.8 Å². The molecule has 0 spiro atoms. The number of carboxylic acid groups (broad SMARTS) is 1. The normalized spacial score (nSPS) is 17.2. The van der Waals surface area contributed by atoms with E-state index in [9.17, 15) is 9.59 Å². The van der Waals surface area contributed by atoms with E-state index in [1.165, 1.54) is 6.21 Å². The largest absolute Gasteiger partial charge is 0.490 e. The fourth-order valence-corrected chi connectivity index (χ4v) is 3.67. The molecule has 0 aliphatic carbocycles. The summed E-state index contributed by atoms with van der Waals surface area (Å²) in [5, 5.41) is 19.5. The standard InChI is InChI=1S/C21H20ClN3O5S/c1-2-29-17-9-14(5-8-16(17)30-12-13-3-6-15(22)7-4-13)11-23-25-21-24-20(28)18(31-21)10-19(26)27/h3-9,11,18H,2,10,12H2,1H3,(H,26,27)(H,24,25,28)/b23-11-/t18-/m1/s1. The summed E-state index contributed by atoms with van der Waals surface area (Å²) in [6.45, 7) is 2.71. The molecule has 1 amide bonds. The molecule has 0 aromatic heterocycles. The quantitative estimate of drug-likeness (QED) is 0.435. The summed E-state index contributed by atoms with van der Waals surface area (Å²) in [6.07, 6.45) is 1.24. The molecule has 0 bridgehead atoms. The number of nitrogens with one attached hydrogen (secondary N) is 1. The molecule has 1 saturated heterocycles. The number of carbonyl (C=O) groups is 2. The highest BCUT2D eigenvalue weighted by atomic mass is 35.5. The fraction of sp³-hybridized carbons (Fsp3) is 0.238. The summed E-state index contributed by atoms with van der Waals surface area (Å²) in [5.74, 6) is -0.269. The van der Waals surface area contributed by atoms with Crippen LogP contribution in [0.15, 0.2) is 52.7 Å². The van der Waals surface area contributed by atoms with E-state index in [1.807, 2.05) is 19.1 Å². The average molecular weight is 462 g/mol. The van der Waals surface area contributed by atoms with E-state index in [0.29, 0.717) is 29.7 Å². The third-order valence-electron chi connectivity index (χ3n) is 4.07. The van der Waals surface area contributed by atoms with Crippen molar-refractivity contribution >= 4 is 46.6 Å². The van der Waals surface area contributed by atoms with Crippen LogP contribution in [0.5, 0.6) is 11.5 Å². The molecular formula is C21H20ClN3O5S. The molecule has 1 aliphatic rings. The van der Waals surface area contributed by atoms with Gasteiger partial charge in [-0.15, -0.1) is 5.10 Å². The van der Waals surface area contributed by atoms with Gasteiger partial charge in [-0.3, -0.25) is 9.59 Å². The Morgan fingerprint density at radius 2 is 2.00 bits per heavy atom. The van der Waals surface area contributed by atoms with Crippen LogP contribution in [0.4, 0.5) is 0 Å². The molecule has 0 radical (unpaired) electrons. The van der Waals surface area contributed by atoms with Crippen LogP contribution in [0.1, 0.15) is 24.5 Å². The summed E-state index contributed by atoms with van der Waals surface area (Å²) >= 11 is 6.95. The number of amides is 1. The summed E-state index contributed by atoms with van der Waals surface area (Å²) < 4.78 is 11.5. The van der Waals surface area contributed by atoms with Gasteiger partial charge in [0, 0.05) is 5.02 Å². The summed E-state index contributed by atoms with van der Waals surface area (Å²) in [6, 6.07) is 12.8. The first-order valence-corrected chi connectivity index (χ1v) is 10.6. The van der Waals surface area contributed by atoms with E-state index < -0.39 is 11.2 Å². The van der Waals surface area contributed by atoms with Crippen molar-refractivity contribution in [2.75, 3.05) is 6.61 Å². The molecule has 2 N–H and O–H groups in total. The number of hydrogen-bond donors (Lipinski definition) is 2. The second-order valence-electron chi connectivity index (χ2n) is 6.40. The van der Waals surface area contributed by atoms with Crippen molar-refractivity contribution in [3.8, 4) is 11.5 Å². The highest BCUT2D eigenvalue weighted by molar-refractivity contribution is 8.15. The van der Waals surface area contributed by atoms with E-state index in [0.717, 1.165) is 22.9 Å². The minimum absolute atomic E-state index is 0.264. The van der Waals surface area contributed by atoms with Crippen molar-refractivity contribution in [2.24, 2.45) is 10.2 Å². The first-order valence-electron chi connectivity index (χ1n) is 9.39. The smallest absolute Gasteiger partial charge is 0.305 e. The topological polar surface area (TPSA) is 110 Å². The number of hydrogen-bond acceptors (Lipinski definition) is 7. The number of aliphatic carboxylic acids is 1. The van der Waals surface area contributed by atoms with Crippen molar-refractivity contribution in [2.45, 2.75) is 25.2 Å². The third-order valence-corrected chi connectivity index (χ3v) is 5.39. The molecule has 0 unspecified atom stereocenters. The van der Waals surface area contributed by atoms with E-state index in [-0.39, 0.29) is 17.5 Å². The zero-order valence-electron chi connectivity index (χ0n) is 16.6. The van der Waals surface area contributed by atoms with Crippen molar-refractivity contribution in [1.82, 2.24) is 5.32 Å². The zero-order valence-corrected chi connectivity index (χ0v) is 18.2. The molecule has 1 heterocycles. The van der Waals surface area contributed by atoms with Gasteiger partial charge in [0.25, 0.3) is 0 Å². The molecule has 1 atom stereocenters. The van der Waals surface area contributed by atoms with Crippen molar-refractivity contribution in [1.29, 1.82) is 0 Å². The molecule has 8 nitrogen and oxygen atoms in total. The minimum Gasteiger partial charge on any atom is -0.490 e. The Labute approximate surface area is 188 Å². The van der Waals surface area contributed by atoms with Gasteiger partial charge in [0.1, 0.15) is 11.9 Å². The van der Waals surface area contributed by atoms with Crippen LogP contribution in [0.2, 0.25) is 5.02 Å². The number of benzene rings is 2. The van der Waals surface area contributed by atoms with Gasteiger partial charge in [-0.2, -0.15) is 5.10 Å². The lowest BCUT2D eigenvalue weighted by Gasteiger charge is -2.12. The average Bonchev–Trinajstić information content (AvgIpc) is 3.07. The number of amidine groups is 1. The Morgan fingerprint density at radius 3 is 2.71 bits per heavy atom. The summed E-state index contributed by atoms with van der Waals surface area (Å²) in [4.78, 5) is 22.5. The predicted octanol–water partition coefficient (Wildman–Crippen LogP) is 3.71. The molecule has 0 saturated carbocycles. The van der Waals surface area contributed by atoms with Crippen LogP contribution in [0.25, 0.3) is 0 Å². The predicted molar refractivity (Wildman–Crippen MR) is 120 cm³/mol. The van der Waals surface area contributed by atoms with Crippen molar-refractivity contribution in [3.05, 3.63) is 58.6 Å². The van der Waals surface area contributed by atoms with Gasteiger partial charge in [0.05, 0.1) is 19.2 Å². The Morgan fingerprint density at radius 1 is 1.23 bits per heavy atom. The van der Waals surface area contributed by atoms with Crippen LogP contribution in [0.3, 0.4) is 0 Å². The number of halogens is 1. The second-order valence-corrected chi connectivity index (χ2v) is 8.03. The Hall–Kier alpha value is -3.04.